The van der Waals surface area contributed by atoms with Crippen molar-refractivity contribution in [3.05, 3.63) is 66.0 Å². The summed E-state index contributed by atoms with van der Waals surface area (Å²) in [5, 5.41) is 11.5. The smallest absolute Gasteiger partial charge is 0.224 e. The van der Waals surface area contributed by atoms with Crippen molar-refractivity contribution < 1.29 is 9.90 Å². The molecule has 30 heavy (non-hydrogen) atoms. The average molecular weight is 402 g/mol. The third kappa shape index (κ3) is 2.79. The minimum Gasteiger partial charge on any atom is -0.393 e. The van der Waals surface area contributed by atoms with Crippen molar-refractivity contribution in [3.8, 4) is 0 Å². The summed E-state index contributed by atoms with van der Waals surface area (Å²) in [7, 11) is 0. The molecular formula is C25H27N3O2. The summed E-state index contributed by atoms with van der Waals surface area (Å²) in [5.74, 6) is 1.03. The number of aliphatic hydroxyl groups is 1. The molecule has 154 valence electrons. The lowest BCUT2D eigenvalue weighted by molar-refractivity contribution is -0.163. The molecule has 0 spiro atoms. The lowest BCUT2D eigenvalue weighted by Crippen LogP contribution is -2.64. The van der Waals surface area contributed by atoms with Crippen LogP contribution < -0.4 is 0 Å². The number of H-pyrrole nitrogens is 1. The average Bonchev–Trinajstić information content (AvgIpc) is 3.19. The summed E-state index contributed by atoms with van der Waals surface area (Å²) in [6, 6.07) is 15.0. The first-order valence-electron chi connectivity index (χ1n) is 11.1. The number of hydrogen-bond acceptors (Lipinski definition) is 3. The Morgan fingerprint density at radius 3 is 2.47 bits per heavy atom. The Bertz CT molecular complexity index is 1050. The molecule has 2 aliphatic heterocycles. The maximum absolute atomic E-state index is 13.7. The first-order valence-corrected chi connectivity index (χ1v) is 11.1. The number of fused-ring (bicyclic) bond motifs is 1. The van der Waals surface area contributed by atoms with Gasteiger partial charge in [-0.15, -0.1) is 0 Å². The molecule has 4 aliphatic rings. The number of benzene rings is 1. The van der Waals surface area contributed by atoms with E-state index in [1.807, 2.05) is 30.5 Å². The van der Waals surface area contributed by atoms with E-state index < -0.39 is 0 Å². The molecule has 3 aromatic rings. The number of aliphatic hydroxyl groups excluding tert-OH is 1. The Morgan fingerprint density at radius 2 is 1.77 bits per heavy atom. The Morgan fingerprint density at radius 1 is 1.07 bits per heavy atom. The van der Waals surface area contributed by atoms with Crippen LogP contribution in [0.4, 0.5) is 0 Å². The van der Waals surface area contributed by atoms with E-state index in [-0.39, 0.29) is 17.9 Å². The first kappa shape index (κ1) is 18.1. The Kier molecular flexibility index (Phi) is 4.20. The van der Waals surface area contributed by atoms with Gasteiger partial charge in [-0.3, -0.25) is 4.79 Å². The number of aromatic amines is 1. The molecule has 2 saturated carbocycles. The minimum absolute atomic E-state index is 0.000530. The molecule has 1 amide bonds. The molecule has 1 unspecified atom stereocenters. The second-order valence-corrected chi connectivity index (χ2v) is 9.37. The van der Waals surface area contributed by atoms with Crippen LogP contribution in [0.25, 0.3) is 11.0 Å². The van der Waals surface area contributed by atoms with E-state index in [4.69, 9.17) is 0 Å². The highest BCUT2D eigenvalue weighted by Gasteiger charge is 2.52. The zero-order valence-electron chi connectivity index (χ0n) is 16.9. The molecule has 5 heteroatoms. The molecule has 2 aliphatic carbocycles. The Hall–Kier alpha value is -2.66. The predicted molar refractivity (Wildman–Crippen MR) is 115 cm³/mol. The predicted octanol–water partition coefficient (Wildman–Crippen LogP) is 3.85. The number of pyridine rings is 1. The second-order valence-electron chi connectivity index (χ2n) is 9.37. The van der Waals surface area contributed by atoms with E-state index in [1.54, 1.807) is 6.20 Å². The van der Waals surface area contributed by atoms with E-state index in [9.17, 15) is 9.90 Å². The maximum Gasteiger partial charge on any atom is 0.224 e. The van der Waals surface area contributed by atoms with Gasteiger partial charge in [0.25, 0.3) is 0 Å². The van der Waals surface area contributed by atoms with E-state index in [1.165, 1.54) is 0 Å². The molecular weight excluding hydrogens is 374 g/mol. The molecule has 7 rings (SSSR count). The fourth-order valence-corrected chi connectivity index (χ4v) is 6.52. The number of rotatable bonds is 4. The quantitative estimate of drug-likeness (QED) is 0.698. The van der Waals surface area contributed by atoms with Gasteiger partial charge in [0.05, 0.1) is 6.10 Å². The Labute approximate surface area is 176 Å². The van der Waals surface area contributed by atoms with Crippen molar-refractivity contribution in [2.45, 2.75) is 56.2 Å². The number of hydrogen-bond donors (Lipinski definition) is 2. The largest absolute Gasteiger partial charge is 0.393 e. The van der Waals surface area contributed by atoms with Crippen LogP contribution in [0, 0.1) is 11.8 Å². The van der Waals surface area contributed by atoms with Gasteiger partial charge in [0, 0.05) is 42.2 Å². The van der Waals surface area contributed by atoms with Crippen LogP contribution in [0.2, 0.25) is 0 Å². The van der Waals surface area contributed by atoms with Crippen LogP contribution in [0.5, 0.6) is 0 Å². The molecule has 0 radical (unpaired) electrons. The van der Waals surface area contributed by atoms with Gasteiger partial charge in [-0.2, -0.15) is 0 Å². The SMILES string of the molecule is O=C(CC(c1ccccc1)c1c[nH]c2ncccc12)N1C2CC3CC1CC(C2)C3O. The first-order chi connectivity index (χ1) is 14.7. The van der Waals surface area contributed by atoms with Crippen molar-refractivity contribution in [3.63, 3.8) is 0 Å². The lowest BCUT2D eigenvalue weighted by atomic mass is 9.61. The van der Waals surface area contributed by atoms with E-state index in [0.29, 0.717) is 30.3 Å². The van der Waals surface area contributed by atoms with Gasteiger partial charge in [-0.1, -0.05) is 30.3 Å². The summed E-state index contributed by atoms with van der Waals surface area (Å²) >= 11 is 0. The zero-order valence-corrected chi connectivity index (χ0v) is 16.9. The van der Waals surface area contributed by atoms with Gasteiger partial charge in [0.15, 0.2) is 0 Å². The van der Waals surface area contributed by atoms with Crippen LogP contribution in [0.3, 0.4) is 0 Å². The fraction of sp³-hybridized carbons (Fsp3) is 0.440. The number of piperidine rings is 2. The minimum atomic E-state index is -0.148. The summed E-state index contributed by atoms with van der Waals surface area (Å²) in [6.07, 6.45) is 7.99. The van der Waals surface area contributed by atoms with Gasteiger partial charge in [0.1, 0.15) is 5.65 Å². The molecule has 4 heterocycles. The highest BCUT2D eigenvalue weighted by atomic mass is 16.3. The van der Waals surface area contributed by atoms with Gasteiger partial charge in [-0.05, 0) is 60.8 Å². The Balaban J connectivity index is 1.33. The van der Waals surface area contributed by atoms with Crippen LogP contribution in [-0.4, -0.2) is 44.1 Å². The van der Waals surface area contributed by atoms with Crippen LogP contribution >= 0.6 is 0 Å². The molecule has 2 aromatic heterocycles. The lowest BCUT2D eigenvalue weighted by Gasteiger charge is -2.58. The maximum atomic E-state index is 13.7. The molecule has 4 fully saturated rings. The number of nitrogens with zero attached hydrogens (tertiary/aromatic N) is 2. The van der Waals surface area contributed by atoms with Crippen molar-refractivity contribution in [1.29, 1.82) is 0 Å². The van der Waals surface area contributed by atoms with Crippen molar-refractivity contribution in [2.24, 2.45) is 11.8 Å². The topological polar surface area (TPSA) is 69.2 Å². The third-order valence-corrected chi connectivity index (χ3v) is 7.78. The van der Waals surface area contributed by atoms with E-state index in [0.717, 1.165) is 47.8 Å². The molecule has 5 nitrogen and oxygen atoms in total. The summed E-state index contributed by atoms with van der Waals surface area (Å²) in [6.45, 7) is 0. The third-order valence-electron chi connectivity index (χ3n) is 7.78. The standard InChI is InChI=1S/C25H27N3O2/c29-23(28-18-9-16-10-19(28)12-17(11-18)24(16)30)13-21(15-5-2-1-3-6-15)22-14-27-25-20(22)7-4-8-26-25/h1-8,14,16-19,21,24,30H,9-13H2,(H,26,27). The molecule has 1 atom stereocenters. The molecule has 2 N–H and O–H groups in total. The summed E-state index contributed by atoms with van der Waals surface area (Å²) < 4.78 is 0. The van der Waals surface area contributed by atoms with Crippen LogP contribution in [-0.2, 0) is 4.79 Å². The highest BCUT2D eigenvalue weighted by molar-refractivity contribution is 5.84. The number of amides is 1. The number of carbonyl (C=O) groups excluding carboxylic acids is 1. The molecule has 4 bridgehead atoms. The van der Waals surface area contributed by atoms with Gasteiger partial charge >= 0.3 is 0 Å². The number of aromatic nitrogens is 2. The van der Waals surface area contributed by atoms with Crippen molar-refractivity contribution in [1.82, 2.24) is 14.9 Å². The summed E-state index contributed by atoms with van der Waals surface area (Å²) in [5.41, 5.74) is 3.17. The number of nitrogens with one attached hydrogen (secondary N) is 1. The highest BCUT2D eigenvalue weighted by Crippen LogP contribution is 2.50. The van der Waals surface area contributed by atoms with E-state index in [2.05, 4.69) is 33.1 Å². The van der Waals surface area contributed by atoms with Crippen LogP contribution in [0.15, 0.2) is 54.9 Å². The van der Waals surface area contributed by atoms with Crippen molar-refractivity contribution >= 4 is 16.9 Å². The van der Waals surface area contributed by atoms with Gasteiger partial charge in [0.2, 0.25) is 5.91 Å². The molecule has 2 saturated heterocycles. The fourth-order valence-electron chi connectivity index (χ4n) is 6.52. The molecule has 1 aromatic carbocycles. The van der Waals surface area contributed by atoms with Gasteiger partial charge in [-0.25, -0.2) is 4.98 Å². The van der Waals surface area contributed by atoms with Crippen molar-refractivity contribution in [2.75, 3.05) is 0 Å². The van der Waals surface area contributed by atoms with Crippen LogP contribution in [0.1, 0.15) is 49.1 Å². The zero-order chi connectivity index (χ0) is 20.2. The second kappa shape index (κ2) is 6.95. The number of carbonyl (C=O) groups is 1. The summed E-state index contributed by atoms with van der Waals surface area (Å²) in [4.78, 5) is 23.6. The normalized spacial score (nSPS) is 30.7. The van der Waals surface area contributed by atoms with E-state index >= 15 is 0 Å². The monoisotopic (exact) mass is 401 g/mol. The van der Waals surface area contributed by atoms with Gasteiger partial charge < -0.3 is 15.0 Å².